The van der Waals surface area contributed by atoms with Crippen LogP contribution in [0, 0.1) is 5.92 Å². The maximum Gasteiger partial charge on any atom is 0.327 e. The van der Waals surface area contributed by atoms with Gasteiger partial charge in [0, 0.05) is 29.6 Å². The van der Waals surface area contributed by atoms with Crippen LogP contribution >= 0.6 is 0 Å². The van der Waals surface area contributed by atoms with Crippen molar-refractivity contribution >= 4 is 34.5 Å². The van der Waals surface area contributed by atoms with Gasteiger partial charge in [0.2, 0.25) is 5.91 Å². The predicted molar refractivity (Wildman–Crippen MR) is 83.0 cm³/mol. The van der Waals surface area contributed by atoms with E-state index in [9.17, 15) is 23.5 Å². The molecule has 0 radical (unpaired) electrons. The molecular weight excluding hydrogens is 308 g/mol. The van der Waals surface area contributed by atoms with Crippen molar-refractivity contribution in [3.05, 3.63) is 24.3 Å². The number of hydrogen-bond acceptors (Lipinski definition) is 4. The Bertz CT molecular complexity index is 559. The molecule has 2 atom stereocenters. The van der Waals surface area contributed by atoms with E-state index in [1.807, 2.05) is 13.8 Å². The van der Waals surface area contributed by atoms with Crippen molar-refractivity contribution in [1.29, 1.82) is 0 Å². The molecule has 0 fully saturated rings. The highest BCUT2D eigenvalue weighted by molar-refractivity contribution is 7.80. The van der Waals surface area contributed by atoms with Crippen molar-refractivity contribution in [3.63, 3.8) is 0 Å². The minimum atomic E-state index is -2.72. The van der Waals surface area contributed by atoms with Crippen molar-refractivity contribution in [2.75, 3.05) is 9.62 Å². The van der Waals surface area contributed by atoms with Gasteiger partial charge in [0.1, 0.15) is 6.04 Å². The maximum absolute atomic E-state index is 11.5. The second kappa shape index (κ2) is 7.90. The lowest BCUT2D eigenvalue weighted by Crippen LogP contribution is -2.43. The second-order valence-electron chi connectivity index (χ2n) is 5.25. The molecule has 1 amide bonds. The molecule has 0 saturated carbocycles. The molecule has 0 saturated heterocycles. The van der Waals surface area contributed by atoms with Crippen LogP contribution in [-0.2, 0) is 20.9 Å². The number of aliphatic carboxylic acids is 1. The highest BCUT2D eigenvalue weighted by Crippen LogP contribution is 2.24. The van der Waals surface area contributed by atoms with Crippen LogP contribution in [0.2, 0.25) is 0 Å². The fraction of sp³-hybridized carbons (Fsp3) is 0.429. The van der Waals surface area contributed by atoms with Crippen LogP contribution in [0.25, 0.3) is 0 Å². The smallest absolute Gasteiger partial charge is 0.327 e. The number of nitrogens with zero attached hydrogens (tertiary/aromatic N) is 1. The number of nitrogens with one attached hydrogen (secondary N) is 1. The minimum Gasteiger partial charge on any atom is -0.755 e. The van der Waals surface area contributed by atoms with E-state index in [0.717, 1.165) is 4.31 Å². The molecule has 0 aromatic heterocycles. The first-order valence-corrected chi connectivity index (χ1v) is 7.74. The van der Waals surface area contributed by atoms with E-state index >= 15 is 0 Å². The van der Waals surface area contributed by atoms with E-state index in [-0.39, 0.29) is 23.9 Å². The summed E-state index contributed by atoms with van der Waals surface area (Å²) >= 11 is -2.72. The first-order chi connectivity index (χ1) is 10.2. The number of hydrogen-bond donors (Lipinski definition) is 2. The largest absolute Gasteiger partial charge is 0.755 e. The monoisotopic (exact) mass is 327 g/mol. The van der Waals surface area contributed by atoms with Gasteiger partial charge in [0.25, 0.3) is 0 Å². The summed E-state index contributed by atoms with van der Waals surface area (Å²) in [4.78, 5) is 22.4. The molecule has 0 aliphatic heterocycles. The Kier molecular flexibility index (Phi) is 6.51. The van der Waals surface area contributed by atoms with Crippen molar-refractivity contribution in [2.24, 2.45) is 5.92 Å². The molecule has 0 spiro atoms. The molecule has 2 unspecified atom stereocenters. The number of rotatable bonds is 7. The van der Waals surface area contributed by atoms with Gasteiger partial charge in [-0.2, -0.15) is 0 Å². The summed E-state index contributed by atoms with van der Waals surface area (Å²) in [6, 6.07) is 4.77. The predicted octanol–water partition coefficient (Wildman–Crippen LogP) is 1.74. The Morgan fingerprint density at radius 3 is 2.23 bits per heavy atom. The third-order valence-electron chi connectivity index (χ3n) is 2.87. The van der Waals surface area contributed by atoms with Gasteiger partial charge in [-0.3, -0.25) is 13.3 Å². The molecule has 1 rings (SSSR count). The molecule has 0 bridgehead atoms. The number of carbonyl (C=O) groups is 2. The van der Waals surface area contributed by atoms with Gasteiger partial charge in [-0.05, 0) is 36.6 Å². The highest BCUT2D eigenvalue weighted by Gasteiger charge is 2.27. The van der Waals surface area contributed by atoms with E-state index in [4.69, 9.17) is 0 Å². The Morgan fingerprint density at radius 2 is 1.86 bits per heavy atom. The van der Waals surface area contributed by atoms with Crippen molar-refractivity contribution in [2.45, 2.75) is 33.2 Å². The lowest BCUT2D eigenvalue weighted by Gasteiger charge is -2.33. The summed E-state index contributed by atoms with van der Waals surface area (Å²) < 4.78 is 23.8. The quantitative estimate of drug-likeness (QED) is 0.741. The fourth-order valence-electron chi connectivity index (χ4n) is 2.01. The van der Waals surface area contributed by atoms with Gasteiger partial charge in [-0.1, -0.05) is 13.8 Å². The molecule has 8 heteroatoms. The minimum absolute atomic E-state index is 0.0193. The van der Waals surface area contributed by atoms with Crippen molar-refractivity contribution in [1.82, 2.24) is 0 Å². The molecule has 0 aliphatic rings. The van der Waals surface area contributed by atoms with E-state index in [1.165, 1.54) is 31.2 Å². The summed E-state index contributed by atoms with van der Waals surface area (Å²) in [6.45, 7) is 5.00. The average Bonchev–Trinajstić information content (AvgIpc) is 2.38. The summed E-state index contributed by atoms with van der Waals surface area (Å²) in [5.41, 5.74) is 0.735. The molecule has 7 nitrogen and oxygen atoms in total. The summed E-state index contributed by atoms with van der Waals surface area (Å²) in [6.07, 6.45) is 0.191. The van der Waals surface area contributed by atoms with E-state index in [2.05, 4.69) is 5.32 Å². The number of benzene rings is 1. The molecule has 1 aromatic carbocycles. The lowest BCUT2D eigenvalue weighted by molar-refractivity contribution is -0.138. The fourth-order valence-corrected chi connectivity index (χ4v) is 2.69. The lowest BCUT2D eigenvalue weighted by atomic mass is 10.0. The zero-order valence-electron chi connectivity index (χ0n) is 12.6. The molecule has 1 aromatic rings. The van der Waals surface area contributed by atoms with E-state index in [1.54, 1.807) is 0 Å². The van der Waals surface area contributed by atoms with Gasteiger partial charge >= 0.3 is 5.97 Å². The Hall–Kier alpha value is -1.93. The van der Waals surface area contributed by atoms with Crippen molar-refractivity contribution < 1.29 is 23.5 Å². The maximum atomic E-state index is 11.5. The van der Waals surface area contributed by atoms with Gasteiger partial charge < -0.3 is 15.0 Å². The number of amides is 1. The zero-order valence-corrected chi connectivity index (χ0v) is 13.4. The normalized spacial score (nSPS) is 13.5. The number of anilines is 2. The van der Waals surface area contributed by atoms with Gasteiger partial charge in [-0.15, -0.1) is 0 Å². The van der Waals surface area contributed by atoms with Crippen LogP contribution < -0.4 is 9.62 Å². The summed E-state index contributed by atoms with van der Waals surface area (Å²) in [5.74, 6) is -1.44. The summed E-state index contributed by atoms with van der Waals surface area (Å²) in [7, 11) is 0. The van der Waals surface area contributed by atoms with Gasteiger partial charge in [0.15, 0.2) is 0 Å². The third-order valence-corrected chi connectivity index (χ3v) is 3.65. The third kappa shape index (κ3) is 5.12. The molecule has 122 valence electrons. The van der Waals surface area contributed by atoms with E-state index < -0.39 is 23.3 Å². The summed E-state index contributed by atoms with van der Waals surface area (Å²) in [5, 5.41) is 11.9. The molecular formula is C14H19N2O5S-. The Morgan fingerprint density at radius 1 is 1.32 bits per heavy atom. The number of carboxylic acid groups (broad SMARTS) is 1. The van der Waals surface area contributed by atoms with Crippen molar-refractivity contribution in [3.8, 4) is 0 Å². The van der Waals surface area contributed by atoms with Gasteiger partial charge in [0.05, 0.1) is 0 Å². The standard InChI is InChI=1S/C14H20N2O5S/c1-9(2)8-13(14(18)19)16(22(20)21)12-6-4-11(5-7-12)15-10(3)17/h4-7,9,13H,8H2,1-3H3,(H,15,17)(H,18,19)(H,20,21)/p-1. The Labute approximate surface area is 131 Å². The van der Waals surface area contributed by atoms with E-state index in [0.29, 0.717) is 5.69 Å². The second-order valence-corrected chi connectivity index (χ2v) is 6.08. The van der Waals surface area contributed by atoms with Crippen LogP contribution in [0.15, 0.2) is 24.3 Å². The first-order valence-electron chi connectivity index (χ1n) is 6.71. The van der Waals surface area contributed by atoms with Crippen LogP contribution in [0.3, 0.4) is 0 Å². The van der Waals surface area contributed by atoms with Crippen LogP contribution in [0.1, 0.15) is 27.2 Å². The molecule has 0 heterocycles. The highest BCUT2D eigenvalue weighted by atomic mass is 32.2. The van der Waals surface area contributed by atoms with Gasteiger partial charge in [-0.25, -0.2) is 4.79 Å². The van der Waals surface area contributed by atoms with Crippen LogP contribution in [0.4, 0.5) is 11.4 Å². The molecule has 2 N–H and O–H groups in total. The van der Waals surface area contributed by atoms with Crippen LogP contribution in [0.5, 0.6) is 0 Å². The first kappa shape index (κ1) is 18.1. The Balaban J connectivity index is 3.10. The SMILES string of the molecule is CC(=O)Nc1ccc(N(C(CC(C)C)C(=O)O)S(=O)[O-])cc1. The average molecular weight is 327 g/mol. The zero-order chi connectivity index (χ0) is 16.9. The van der Waals surface area contributed by atoms with Crippen LogP contribution in [-0.4, -0.2) is 31.8 Å². The topological polar surface area (TPSA) is 110 Å². The number of carboxylic acids is 1. The number of carbonyl (C=O) groups excluding carboxylic acids is 1. The molecule has 0 aliphatic carbocycles. The molecule has 22 heavy (non-hydrogen) atoms.